The van der Waals surface area contributed by atoms with Gasteiger partial charge in [-0.2, -0.15) is 18.2 Å². The first-order chi connectivity index (χ1) is 9.79. The fourth-order valence-electron chi connectivity index (χ4n) is 1.49. The van der Waals surface area contributed by atoms with Crippen LogP contribution in [-0.4, -0.2) is 9.97 Å². The second-order valence-electron chi connectivity index (χ2n) is 4.09. The zero-order valence-electron chi connectivity index (χ0n) is 10.7. The van der Waals surface area contributed by atoms with Gasteiger partial charge in [-0.1, -0.05) is 17.7 Å². The highest BCUT2D eigenvalue weighted by atomic mass is 35.5. The number of hydrogen-bond donors (Lipinski definition) is 2. The van der Waals surface area contributed by atoms with Gasteiger partial charge in [-0.05, 0) is 24.6 Å². The van der Waals surface area contributed by atoms with Crippen LogP contribution >= 0.6 is 11.6 Å². The van der Waals surface area contributed by atoms with Gasteiger partial charge in [0, 0.05) is 6.07 Å². The lowest BCUT2D eigenvalue weighted by Crippen LogP contribution is -2.15. The van der Waals surface area contributed by atoms with Crippen molar-refractivity contribution < 1.29 is 17.9 Å². The number of aromatic nitrogens is 2. The van der Waals surface area contributed by atoms with Gasteiger partial charge >= 0.3 is 6.18 Å². The summed E-state index contributed by atoms with van der Waals surface area (Å²) >= 11 is 5.95. The molecule has 1 aromatic carbocycles. The third-order valence-electron chi connectivity index (χ3n) is 2.42. The van der Waals surface area contributed by atoms with Crippen molar-refractivity contribution in [2.75, 3.05) is 5.43 Å². The van der Waals surface area contributed by atoms with Crippen LogP contribution in [0.5, 0.6) is 11.6 Å². The SMILES string of the molecule is Cc1ccc(Oc2cc(C(F)(F)F)nc(NN)n2)c(Cl)c1. The standard InChI is InChI=1S/C12H10ClF3N4O/c1-6-2-3-8(7(13)4-6)21-10-5-9(12(14,15)16)18-11(19-10)20-17/h2-5H,17H2,1H3,(H,18,19,20). The second kappa shape index (κ2) is 5.74. The summed E-state index contributed by atoms with van der Waals surface area (Å²) in [6.07, 6.45) is -4.65. The topological polar surface area (TPSA) is 73.1 Å². The van der Waals surface area contributed by atoms with Gasteiger partial charge in [-0.25, -0.2) is 10.8 Å². The number of halogens is 4. The quantitative estimate of drug-likeness (QED) is 0.669. The number of nitrogens with zero attached hydrogens (tertiary/aromatic N) is 2. The number of aryl methyl sites for hydroxylation is 1. The Morgan fingerprint density at radius 1 is 1.24 bits per heavy atom. The lowest BCUT2D eigenvalue weighted by atomic mass is 10.2. The highest BCUT2D eigenvalue weighted by Gasteiger charge is 2.34. The van der Waals surface area contributed by atoms with Gasteiger partial charge in [0.15, 0.2) is 5.69 Å². The molecule has 0 aliphatic rings. The van der Waals surface area contributed by atoms with E-state index in [1.165, 1.54) is 6.07 Å². The molecule has 2 aromatic rings. The smallest absolute Gasteiger partial charge is 0.433 e. The summed E-state index contributed by atoms with van der Waals surface area (Å²) < 4.78 is 43.4. The highest BCUT2D eigenvalue weighted by molar-refractivity contribution is 6.32. The molecule has 0 spiro atoms. The van der Waals surface area contributed by atoms with Gasteiger partial charge in [-0.3, -0.25) is 5.43 Å². The molecule has 0 fully saturated rings. The maximum absolute atomic E-state index is 12.7. The number of nitrogens with one attached hydrogen (secondary N) is 1. The lowest BCUT2D eigenvalue weighted by molar-refractivity contribution is -0.141. The molecule has 0 saturated carbocycles. The van der Waals surface area contributed by atoms with Crippen molar-refractivity contribution in [3.63, 3.8) is 0 Å². The van der Waals surface area contributed by atoms with Crippen molar-refractivity contribution >= 4 is 17.5 Å². The van der Waals surface area contributed by atoms with Gasteiger partial charge in [0.25, 0.3) is 0 Å². The number of nitrogen functional groups attached to an aromatic ring is 1. The Balaban J connectivity index is 2.39. The number of alkyl halides is 3. The molecular weight excluding hydrogens is 309 g/mol. The maximum Gasteiger partial charge on any atom is 0.433 e. The number of hydrogen-bond acceptors (Lipinski definition) is 5. The van der Waals surface area contributed by atoms with E-state index in [9.17, 15) is 13.2 Å². The third-order valence-corrected chi connectivity index (χ3v) is 2.72. The van der Waals surface area contributed by atoms with Gasteiger partial charge in [0.2, 0.25) is 11.8 Å². The maximum atomic E-state index is 12.7. The van der Waals surface area contributed by atoms with Gasteiger partial charge in [0.1, 0.15) is 5.75 Å². The number of hydrazine groups is 1. The summed E-state index contributed by atoms with van der Waals surface area (Å²) in [7, 11) is 0. The molecule has 112 valence electrons. The molecule has 21 heavy (non-hydrogen) atoms. The molecule has 0 radical (unpaired) electrons. The Bertz CT molecular complexity index is 663. The first-order valence-electron chi connectivity index (χ1n) is 5.66. The van der Waals surface area contributed by atoms with E-state index < -0.39 is 17.8 Å². The first-order valence-corrected chi connectivity index (χ1v) is 6.04. The molecule has 0 saturated heterocycles. The van der Waals surface area contributed by atoms with Crippen molar-refractivity contribution in [3.05, 3.63) is 40.5 Å². The van der Waals surface area contributed by atoms with Crippen LogP contribution in [0, 0.1) is 6.92 Å². The second-order valence-corrected chi connectivity index (χ2v) is 4.50. The summed E-state index contributed by atoms with van der Waals surface area (Å²) in [6.45, 7) is 1.82. The monoisotopic (exact) mass is 318 g/mol. The van der Waals surface area contributed by atoms with E-state index in [0.29, 0.717) is 6.07 Å². The number of anilines is 1. The zero-order valence-corrected chi connectivity index (χ0v) is 11.5. The van der Waals surface area contributed by atoms with Crippen molar-refractivity contribution in [2.45, 2.75) is 13.1 Å². The Morgan fingerprint density at radius 3 is 2.52 bits per heavy atom. The van der Waals surface area contributed by atoms with Crippen LogP contribution in [0.25, 0.3) is 0 Å². The number of ether oxygens (including phenoxy) is 1. The summed E-state index contributed by atoms with van der Waals surface area (Å²) in [6, 6.07) is 5.51. The minimum absolute atomic E-state index is 0.178. The average molecular weight is 319 g/mol. The molecule has 0 amide bonds. The minimum atomic E-state index is -4.65. The Labute approximate surface area is 122 Å². The molecule has 3 N–H and O–H groups in total. The van der Waals surface area contributed by atoms with E-state index in [-0.39, 0.29) is 16.7 Å². The molecular formula is C12H10ClF3N4O. The molecule has 5 nitrogen and oxygen atoms in total. The molecule has 0 aliphatic carbocycles. The average Bonchev–Trinajstić information content (AvgIpc) is 2.40. The van der Waals surface area contributed by atoms with E-state index in [2.05, 4.69) is 9.97 Å². The van der Waals surface area contributed by atoms with Crippen LogP contribution in [-0.2, 0) is 6.18 Å². The predicted octanol–water partition coefficient (Wildman–Crippen LogP) is 3.54. The molecule has 9 heteroatoms. The van der Waals surface area contributed by atoms with Crippen LogP contribution in [0.1, 0.15) is 11.3 Å². The number of nitrogens with two attached hydrogens (primary N) is 1. The molecule has 2 rings (SSSR count). The van der Waals surface area contributed by atoms with Crippen LogP contribution in [0.2, 0.25) is 5.02 Å². The minimum Gasteiger partial charge on any atom is -0.437 e. The summed E-state index contributed by atoms with van der Waals surface area (Å²) in [5, 5.41) is 0.254. The van der Waals surface area contributed by atoms with Crippen molar-refractivity contribution in [3.8, 4) is 11.6 Å². The van der Waals surface area contributed by atoms with Crippen LogP contribution in [0.3, 0.4) is 0 Å². The highest BCUT2D eigenvalue weighted by Crippen LogP contribution is 2.33. The largest absolute Gasteiger partial charge is 0.437 e. The third kappa shape index (κ3) is 3.73. The van der Waals surface area contributed by atoms with Crippen LogP contribution in [0.15, 0.2) is 24.3 Å². The molecule has 0 atom stereocenters. The fourth-order valence-corrected chi connectivity index (χ4v) is 1.76. The Hall–Kier alpha value is -2.06. The molecule has 0 bridgehead atoms. The van der Waals surface area contributed by atoms with Crippen molar-refractivity contribution in [1.29, 1.82) is 0 Å². The zero-order chi connectivity index (χ0) is 15.6. The van der Waals surface area contributed by atoms with Gasteiger partial charge in [-0.15, -0.1) is 0 Å². The van der Waals surface area contributed by atoms with Gasteiger partial charge in [0.05, 0.1) is 5.02 Å². The molecule has 1 aromatic heterocycles. The lowest BCUT2D eigenvalue weighted by Gasteiger charge is -2.11. The predicted molar refractivity (Wildman–Crippen MR) is 71.1 cm³/mol. The summed E-state index contributed by atoms with van der Waals surface area (Å²) in [5.41, 5.74) is 1.66. The van der Waals surface area contributed by atoms with E-state index >= 15 is 0 Å². The van der Waals surface area contributed by atoms with Crippen LogP contribution in [0.4, 0.5) is 19.1 Å². The number of rotatable bonds is 3. The van der Waals surface area contributed by atoms with Gasteiger partial charge < -0.3 is 4.74 Å². The van der Waals surface area contributed by atoms with E-state index in [0.717, 1.165) is 5.56 Å². The normalized spacial score (nSPS) is 11.3. The fraction of sp³-hybridized carbons (Fsp3) is 0.167. The van der Waals surface area contributed by atoms with E-state index in [1.54, 1.807) is 12.1 Å². The van der Waals surface area contributed by atoms with Crippen LogP contribution < -0.4 is 16.0 Å². The van der Waals surface area contributed by atoms with Crippen molar-refractivity contribution in [1.82, 2.24) is 9.97 Å². The number of benzene rings is 1. The van der Waals surface area contributed by atoms with E-state index in [4.69, 9.17) is 22.2 Å². The summed E-state index contributed by atoms with van der Waals surface area (Å²) in [5.74, 6) is 4.49. The Morgan fingerprint density at radius 2 is 1.95 bits per heavy atom. The molecule has 0 unspecified atom stereocenters. The molecule has 1 heterocycles. The Kier molecular flexibility index (Phi) is 4.19. The molecule has 0 aliphatic heterocycles. The summed E-state index contributed by atoms with van der Waals surface area (Å²) in [4.78, 5) is 6.91. The van der Waals surface area contributed by atoms with Crippen molar-refractivity contribution in [2.24, 2.45) is 5.84 Å². The first kappa shape index (κ1) is 15.3. The van der Waals surface area contributed by atoms with E-state index in [1.807, 2.05) is 12.3 Å².